The molecule has 14 nitrogen and oxygen atoms in total. The van der Waals surface area contributed by atoms with Crippen molar-refractivity contribution >= 4 is 75.3 Å². The van der Waals surface area contributed by atoms with Crippen molar-refractivity contribution in [2.75, 3.05) is 22.1 Å². The van der Waals surface area contributed by atoms with E-state index in [0.29, 0.717) is 0 Å². The van der Waals surface area contributed by atoms with Gasteiger partial charge in [-0.1, -0.05) is 38.1 Å². The predicted octanol–water partition coefficient (Wildman–Crippen LogP) is 4.44. The summed E-state index contributed by atoms with van der Waals surface area (Å²) in [5, 5.41) is 4.91. The zero-order valence-electron chi connectivity index (χ0n) is 26.3. The highest BCUT2D eigenvalue weighted by molar-refractivity contribution is 7.91. The number of hydrogen-bond donors (Lipinski definition) is 4. The summed E-state index contributed by atoms with van der Waals surface area (Å²) in [6, 6.07) is 17.1. The van der Waals surface area contributed by atoms with Crippen LogP contribution in [0.4, 0.5) is 11.4 Å². The Hall–Kier alpha value is -4.72. The lowest BCUT2D eigenvalue weighted by Gasteiger charge is -2.11. The Bertz CT molecular complexity index is 2270. The van der Waals surface area contributed by atoms with Crippen LogP contribution in [0.25, 0.3) is 12.2 Å². The van der Waals surface area contributed by atoms with Crippen molar-refractivity contribution in [1.29, 1.82) is 0 Å². The molecule has 0 fully saturated rings. The molecular formula is C32H30N2O12S4. The first-order valence-electron chi connectivity index (χ1n) is 14.4. The highest BCUT2D eigenvalue weighted by Gasteiger charge is 2.20. The van der Waals surface area contributed by atoms with E-state index >= 15 is 0 Å². The molecule has 0 unspecified atom stereocenters. The standard InChI is InChI=1S/C32H30N2O12S4/c1-3-47(37,38)27-15-9-23(10-16-27)31(35)33-25-13-7-21(29(19-25)49(41,42)43)5-6-22-8-14-26(20-30(22)50(44,45)46)34-32(36)24-11-17-28(18-12-24)48(39,40)4-2/h5-20H,3-4H2,1-2H3,(H,33,35)(H,34,36)(H,41,42,43)(H,44,45,46). The monoisotopic (exact) mass is 762 g/mol. The van der Waals surface area contributed by atoms with Crippen LogP contribution < -0.4 is 10.6 Å². The van der Waals surface area contributed by atoms with Gasteiger partial charge in [0, 0.05) is 22.5 Å². The number of anilines is 2. The first-order valence-corrected chi connectivity index (χ1v) is 20.6. The van der Waals surface area contributed by atoms with E-state index in [4.69, 9.17) is 0 Å². The number of sulfone groups is 2. The zero-order valence-corrected chi connectivity index (χ0v) is 29.5. The van der Waals surface area contributed by atoms with Crippen LogP contribution in [-0.2, 0) is 39.9 Å². The number of benzene rings is 4. The second-order valence-electron chi connectivity index (χ2n) is 10.6. The highest BCUT2D eigenvalue weighted by Crippen LogP contribution is 2.27. The maximum atomic E-state index is 12.8. The van der Waals surface area contributed by atoms with Crippen molar-refractivity contribution in [3.63, 3.8) is 0 Å². The van der Waals surface area contributed by atoms with Crippen LogP contribution in [-0.4, -0.2) is 66.1 Å². The predicted molar refractivity (Wildman–Crippen MR) is 186 cm³/mol. The number of carbonyl (C=O) groups is 2. The van der Waals surface area contributed by atoms with Crippen LogP contribution in [0.15, 0.2) is 105 Å². The maximum Gasteiger partial charge on any atom is 0.295 e. The molecule has 0 aromatic heterocycles. The average molecular weight is 763 g/mol. The Morgan fingerprint density at radius 2 is 0.860 bits per heavy atom. The van der Waals surface area contributed by atoms with Gasteiger partial charge in [0.1, 0.15) is 9.79 Å². The van der Waals surface area contributed by atoms with Crippen LogP contribution in [0.3, 0.4) is 0 Å². The lowest BCUT2D eigenvalue weighted by molar-refractivity contribution is 0.101. The molecular weight excluding hydrogens is 733 g/mol. The van der Waals surface area contributed by atoms with Gasteiger partial charge < -0.3 is 10.6 Å². The van der Waals surface area contributed by atoms with E-state index in [0.717, 1.165) is 24.3 Å². The number of nitrogens with one attached hydrogen (secondary N) is 2. The van der Waals surface area contributed by atoms with Crippen LogP contribution in [0.1, 0.15) is 45.7 Å². The minimum Gasteiger partial charge on any atom is -0.322 e. The van der Waals surface area contributed by atoms with Crippen LogP contribution >= 0.6 is 0 Å². The molecule has 0 aliphatic rings. The summed E-state index contributed by atoms with van der Waals surface area (Å²) in [4.78, 5) is 24.2. The van der Waals surface area contributed by atoms with Gasteiger partial charge in [-0.2, -0.15) is 16.8 Å². The highest BCUT2D eigenvalue weighted by atomic mass is 32.2. The number of hydrogen-bond acceptors (Lipinski definition) is 10. The Kier molecular flexibility index (Phi) is 11.1. The third kappa shape index (κ3) is 9.09. The molecule has 0 saturated carbocycles. The molecule has 0 heterocycles. The van der Waals surface area contributed by atoms with Gasteiger partial charge in [0.2, 0.25) is 0 Å². The molecule has 0 radical (unpaired) electrons. The first kappa shape index (κ1) is 38.1. The van der Waals surface area contributed by atoms with E-state index in [-0.39, 0.29) is 54.9 Å². The van der Waals surface area contributed by atoms with Crippen molar-refractivity contribution in [3.8, 4) is 0 Å². The molecule has 50 heavy (non-hydrogen) atoms. The van der Waals surface area contributed by atoms with Gasteiger partial charge in [0.25, 0.3) is 32.1 Å². The summed E-state index contributed by atoms with van der Waals surface area (Å²) in [6.07, 6.45) is 2.27. The first-order chi connectivity index (χ1) is 23.2. The lowest BCUT2D eigenvalue weighted by Crippen LogP contribution is -2.13. The molecule has 0 aliphatic carbocycles. The summed E-state index contributed by atoms with van der Waals surface area (Å²) in [6.45, 7) is 2.95. The van der Waals surface area contributed by atoms with Gasteiger partial charge in [0.05, 0.1) is 21.3 Å². The van der Waals surface area contributed by atoms with E-state index in [2.05, 4.69) is 10.6 Å². The number of amides is 2. The molecule has 4 aromatic carbocycles. The van der Waals surface area contributed by atoms with E-state index in [9.17, 15) is 52.4 Å². The second kappa shape index (κ2) is 14.6. The molecule has 4 aromatic rings. The number of rotatable bonds is 12. The van der Waals surface area contributed by atoms with E-state index in [1.165, 1.54) is 86.6 Å². The molecule has 0 spiro atoms. The molecule has 4 rings (SSSR count). The maximum absolute atomic E-state index is 12.8. The van der Waals surface area contributed by atoms with E-state index in [1.54, 1.807) is 0 Å². The normalized spacial score (nSPS) is 12.5. The van der Waals surface area contributed by atoms with Gasteiger partial charge in [-0.3, -0.25) is 18.7 Å². The molecule has 264 valence electrons. The Balaban J connectivity index is 1.59. The third-order valence-corrected chi connectivity index (χ3v) is 12.6. The topological polar surface area (TPSA) is 235 Å². The Morgan fingerprint density at radius 1 is 0.540 bits per heavy atom. The van der Waals surface area contributed by atoms with Crippen molar-refractivity contribution in [2.24, 2.45) is 0 Å². The van der Waals surface area contributed by atoms with Crippen molar-refractivity contribution in [3.05, 3.63) is 107 Å². The van der Waals surface area contributed by atoms with Crippen LogP contribution in [0, 0.1) is 0 Å². The summed E-state index contributed by atoms with van der Waals surface area (Å²) in [5.41, 5.74) is -0.236. The zero-order chi connectivity index (χ0) is 37.1. The minimum absolute atomic E-state index is 0.0205. The van der Waals surface area contributed by atoms with Gasteiger partial charge in [0.15, 0.2) is 19.7 Å². The summed E-state index contributed by atoms with van der Waals surface area (Å²) < 4.78 is 117. The van der Waals surface area contributed by atoms with Crippen LogP contribution in [0.2, 0.25) is 0 Å². The number of carbonyl (C=O) groups excluding carboxylic acids is 2. The molecule has 4 N–H and O–H groups in total. The fourth-order valence-corrected chi connectivity index (χ4v) is 7.68. The summed E-state index contributed by atoms with van der Waals surface area (Å²) >= 11 is 0. The quantitative estimate of drug-likeness (QED) is 0.116. The molecule has 0 bridgehead atoms. The fourth-order valence-electron chi connectivity index (χ4n) is 4.49. The minimum atomic E-state index is -4.90. The molecule has 0 saturated heterocycles. The summed E-state index contributed by atoms with van der Waals surface area (Å²) in [7, 11) is -16.8. The van der Waals surface area contributed by atoms with Crippen molar-refractivity contribution < 1.29 is 52.4 Å². The Labute approximate surface area is 289 Å². The fraction of sp³-hybridized carbons (Fsp3) is 0.125. The smallest absolute Gasteiger partial charge is 0.295 e. The van der Waals surface area contributed by atoms with Gasteiger partial charge in [-0.15, -0.1) is 0 Å². The molecule has 18 heteroatoms. The molecule has 0 aliphatic heterocycles. The average Bonchev–Trinajstić information content (AvgIpc) is 3.07. The van der Waals surface area contributed by atoms with E-state index in [1.807, 2.05) is 0 Å². The van der Waals surface area contributed by atoms with E-state index < -0.39 is 61.5 Å². The van der Waals surface area contributed by atoms with Crippen LogP contribution in [0.5, 0.6) is 0 Å². The lowest BCUT2D eigenvalue weighted by atomic mass is 10.1. The van der Waals surface area contributed by atoms with Gasteiger partial charge in [-0.05, 0) is 83.9 Å². The van der Waals surface area contributed by atoms with Gasteiger partial charge in [-0.25, -0.2) is 16.8 Å². The molecule has 0 atom stereocenters. The SMILES string of the molecule is CCS(=O)(=O)c1ccc(C(=O)Nc2ccc(C=Cc3ccc(NC(=O)c4ccc(S(=O)(=O)CC)cc4)cc3S(=O)(=O)O)c(S(=O)(=O)O)c2)cc1. The second-order valence-corrected chi connectivity index (χ2v) is 17.9. The molecule has 2 amide bonds. The van der Waals surface area contributed by atoms with Crippen molar-refractivity contribution in [1.82, 2.24) is 0 Å². The van der Waals surface area contributed by atoms with Gasteiger partial charge >= 0.3 is 0 Å². The summed E-state index contributed by atoms with van der Waals surface area (Å²) in [5.74, 6) is -1.68. The third-order valence-electron chi connectivity index (χ3n) is 7.25. The largest absolute Gasteiger partial charge is 0.322 e. The Morgan fingerprint density at radius 3 is 1.14 bits per heavy atom. The van der Waals surface area contributed by atoms with Crippen molar-refractivity contribution in [2.45, 2.75) is 33.4 Å².